The Labute approximate surface area is 154 Å². The van der Waals surface area contributed by atoms with Crippen molar-refractivity contribution in [1.29, 1.82) is 0 Å². The molecule has 1 fully saturated rings. The molecule has 1 aromatic heterocycles. The Bertz CT molecular complexity index is 922. The highest BCUT2D eigenvalue weighted by atomic mass is 32.2. The van der Waals surface area contributed by atoms with Gasteiger partial charge in [0.2, 0.25) is 5.91 Å². The molecule has 0 spiro atoms. The smallest absolute Gasteiger partial charge is 0.273 e. The van der Waals surface area contributed by atoms with Gasteiger partial charge in [-0.1, -0.05) is 12.1 Å². The fourth-order valence-corrected chi connectivity index (χ4v) is 5.53. The molecule has 0 saturated carbocycles. The third kappa shape index (κ3) is 4.67. The Hall–Kier alpha value is -2.26. The molecule has 6 nitrogen and oxygen atoms in total. The van der Waals surface area contributed by atoms with Crippen molar-refractivity contribution >= 4 is 33.0 Å². The van der Waals surface area contributed by atoms with E-state index in [4.69, 9.17) is 0 Å². The minimum atomic E-state index is -3.03. The molecule has 9 heteroatoms. The number of thiophene rings is 1. The van der Waals surface area contributed by atoms with Crippen molar-refractivity contribution in [2.24, 2.45) is 5.92 Å². The van der Waals surface area contributed by atoms with Crippen LogP contribution in [-0.4, -0.2) is 31.7 Å². The Morgan fingerprint density at radius 3 is 2.50 bits per heavy atom. The first-order valence-corrected chi connectivity index (χ1v) is 10.6. The van der Waals surface area contributed by atoms with Gasteiger partial charge in [-0.05, 0) is 42.2 Å². The van der Waals surface area contributed by atoms with Crippen molar-refractivity contribution < 1.29 is 22.4 Å². The fourth-order valence-electron chi connectivity index (χ4n) is 2.76. The van der Waals surface area contributed by atoms with E-state index < -0.39 is 21.7 Å². The fraction of sp³-hybridized carbons (Fsp3) is 0.294. The van der Waals surface area contributed by atoms with Crippen molar-refractivity contribution in [3.05, 3.63) is 47.1 Å². The van der Waals surface area contributed by atoms with E-state index in [1.807, 2.05) is 0 Å². The molecule has 0 bridgehead atoms. The predicted molar refractivity (Wildman–Crippen MR) is 96.7 cm³/mol. The normalized spacial score (nSPS) is 18.4. The van der Waals surface area contributed by atoms with Crippen molar-refractivity contribution in [1.82, 2.24) is 10.9 Å². The summed E-state index contributed by atoms with van der Waals surface area (Å²) in [6.45, 7) is 0. The Morgan fingerprint density at radius 2 is 1.85 bits per heavy atom. The Kier molecular flexibility index (Phi) is 5.38. The van der Waals surface area contributed by atoms with Gasteiger partial charge in [-0.15, -0.1) is 11.3 Å². The maximum Gasteiger partial charge on any atom is 0.279 e. The number of rotatable bonds is 4. The van der Waals surface area contributed by atoms with E-state index in [9.17, 15) is 22.4 Å². The molecule has 1 aliphatic rings. The van der Waals surface area contributed by atoms with Gasteiger partial charge in [-0.25, -0.2) is 12.8 Å². The van der Waals surface area contributed by atoms with Crippen LogP contribution in [0.3, 0.4) is 0 Å². The van der Waals surface area contributed by atoms with Gasteiger partial charge in [-0.2, -0.15) is 0 Å². The molecule has 1 unspecified atom stereocenters. The minimum absolute atomic E-state index is 0.0142. The standard InChI is InChI=1S/C17H17FN2O4S2/c18-13-3-1-12(2-4-13)14-5-6-15(25-14)17(22)20-19-16(21)9-11-7-8-26(23,24)10-11/h1-6,11H,7-10H2,(H,19,21)(H,20,22). The summed E-state index contributed by atoms with van der Waals surface area (Å²) in [7, 11) is -3.03. The van der Waals surface area contributed by atoms with Gasteiger partial charge in [0.1, 0.15) is 5.82 Å². The molecule has 1 atom stereocenters. The number of carbonyl (C=O) groups is 2. The van der Waals surface area contributed by atoms with Crippen LogP contribution in [0, 0.1) is 11.7 Å². The molecule has 0 aliphatic carbocycles. The lowest BCUT2D eigenvalue weighted by Crippen LogP contribution is -2.42. The molecule has 138 valence electrons. The first-order valence-electron chi connectivity index (χ1n) is 7.98. The van der Waals surface area contributed by atoms with Crippen molar-refractivity contribution in [3.8, 4) is 10.4 Å². The van der Waals surface area contributed by atoms with Gasteiger partial charge < -0.3 is 0 Å². The summed E-state index contributed by atoms with van der Waals surface area (Å²) < 4.78 is 35.7. The molecule has 2 aromatic rings. The number of carbonyl (C=O) groups excluding carboxylic acids is 2. The highest BCUT2D eigenvalue weighted by Crippen LogP contribution is 2.28. The molecule has 26 heavy (non-hydrogen) atoms. The van der Waals surface area contributed by atoms with Crippen LogP contribution in [0.1, 0.15) is 22.5 Å². The lowest BCUT2D eigenvalue weighted by molar-refractivity contribution is -0.122. The number of halogens is 1. The molecule has 0 radical (unpaired) electrons. The summed E-state index contributed by atoms with van der Waals surface area (Å²) in [4.78, 5) is 25.2. The maximum atomic E-state index is 13.0. The number of hydrazine groups is 1. The molecular weight excluding hydrogens is 379 g/mol. The molecule has 3 rings (SSSR count). The van der Waals surface area contributed by atoms with Crippen LogP contribution < -0.4 is 10.9 Å². The van der Waals surface area contributed by atoms with Crippen LogP contribution in [-0.2, 0) is 14.6 Å². The van der Waals surface area contributed by atoms with Crippen molar-refractivity contribution in [3.63, 3.8) is 0 Å². The summed E-state index contributed by atoms with van der Waals surface area (Å²) in [5.41, 5.74) is 5.44. The van der Waals surface area contributed by atoms with Crippen LogP contribution in [0.2, 0.25) is 0 Å². The molecule has 2 N–H and O–H groups in total. The average molecular weight is 396 g/mol. The van der Waals surface area contributed by atoms with E-state index in [1.54, 1.807) is 24.3 Å². The zero-order valence-corrected chi connectivity index (χ0v) is 15.3. The summed E-state index contributed by atoms with van der Waals surface area (Å²) in [6, 6.07) is 9.31. The maximum absolute atomic E-state index is 13.0. The SMILES string of the molecule is O=C(CC1CCS(=O)(=O)C1)NNC(=O)c1ccc(-c2ccc(F)cc2)s1. The number of nitrogens with one attached hydrogen (secondary N) is 2. The third-order valence-electron chi connectivity index (χ3n) is 4.07. The second-order valence-corrected chi connectivity index (χ2v) is 9.46. The molecule has 2 heterocycles. The Morgan fingerprint density at radius 1 is 1.12 bits per heavy atom. The second kappa shape index (κ2) is 7.55. The van der Waals surface area contributed by atoms with Gasteiger partial charge in [0, 0.05) is 11.3 Å². The van der Waals surface area contributed by atoms with E-state index in [-0.39, 0.29) is 29.7 Å². The first-order chi connectivity index (χ1) is 12.3. The number of hydrogen-bond acceptors (Lipinski definition) is 5. The summed E-state index contributed by atoms with van der Waals surface area (Å²) in [6.07, 6.45) is 0.528. The molecule has 1 aromatic carbocycles. The van der Waals surface area contributed by atoms with E-state index in [1.165, 1.54) is 23.5 Å². The second-order valence-electron chi connectivity index (χ2n) is 6.15. The zero-order chi connectivity index (χ0) is 18.7. The highest BCUT2D eigenvalue weighted by molar-refractivity contribution is 7.91. The zero-order valence-electron chi connectivity index (χ0n) is 13.7. The van der Waals surface area contributed by atoms with Gasteiger partial charge >= 0.3 is 0 Å². The van der Waals surface area contributed by atoms with Crippen molar-refractivity contribution in [2.45, 2.75) is 12.8 Å². The quantitative estimate of drug-likeness (QED) is 0.775. The van der Waals surface area contributed by atoms with Crippen molar-refractivity contribution in [2.75, 3.05) is 11.5 Å². The lowest BCUT2D eigenvalue weighted by Gasteiger charge is -2.09. The van der Waals surface area contributed by atoms with Gasteiger partial charge in [-0.3, -0.25) is 20.4 Å². The van der Waals surface area contributed by atoms with Gasteiger partial charge in [0.25, 0.3) is 5.91 Å². The van der Waals surface area contributed by atoms with E-state index in [2.05, 4.69) is 10.9 Å². The largest absolute Gasteiger partial charge is 0.279 e. The number of benzene rings is 1. The topological polar surface area (TPSA) is 92.3 Å². The van der Waals surface area contributed by atoms with Crippen LogP contribution in [0.15, 0.2) is 36.4 Å². The summed E-state index contributed by atoms with van der Waals surface area (Å²) in [5, 5.41) is 0. The van der Waals surface area contributed by atoms with Gasteiger partial charge in [0.05, 0.1) is 16.4 Å². The van der Waals surface area contributed by atoms with E-state index >= 15 is 0 Å². The first kappa shape index (κ1) is 18.5. The number of amides is 2. The number of hydrogen-bond donors (Lipinski definition) is 2. The van der Waals surface area contributed by atoms with Crippen LogP contribution in [0.4, 0.5) is 4.39 Å². The predicted octanol–water partition coefficient (Wildman–Crippen LogP) is 2.14. The summed E-state index contributed by atoms with van der Waals surface area (Å²) in [5.74, 6) is -1.30. The average Bonchev–Trinajstić information content (AvgIpc) is 3.20. The van der Waals surface area contributed by atoms with E-state index in [0.717, 1.165) is 10.4 Å². The molecule has 1 aliphatic heterocycles. The Balaban J connectivity index is 1.52. The summed E-state index contributed by atoms with van der Waals surface area (Å²) >= 11 is 1.22. The molecule has 1 saturated heterocycles. The highest BCUT2D eigenvalue weighted by Gasteiger charge is 2.29. The van der Waals surface area contributed by atoms with Crippen LogP contribution in [0.5, 0.6) is 0 Å². The molecular formula is C17H17FN2O4S2. The van der Waals surface area contributed by atoms with Crippen LogP contribution in [0.25, 0.3) is 10.4 Å². The molecule has 2 amide bonds. The monoisotopic (exact) mass is 396 g/mol. The van der Waals surface area contributed by atoms with Gasteiger partial charge in [0.15, 0.2) is 9.84 Å². The minimum Gasteiger partial charge on any atom is -0.273 e. The van der Waals surface area contributed by atoms with E-state index in [0.29, 0.717) is 11.3 Å². The third-order valence-corrected chi connectivity index (χ3v) is 7.04. The number of sulfone groups is 1. The lowest BCUT2D eigenvalue weighted by atomic mass is 10.1. The van der Waals surface area contributed by atoms with Crippen LogP contribution >= 0.6 is 11.3 Å².